The molecule has 1 N–H and O–H groups in total. The van der Waals surface area contributed by atoms with Gasteiger partial charge in [0.1, 0.15) is 0 Å². The van der Waals surface area contributed by atoms with Gasteiger partial charge in [-0.05, 0) is 19.8 Å². The van der Waals surface area contributed by atoms with Crippen LogP contribution in [0.15, 0.2) is 17.1 Å². The van der Waals surface area contributed by atoms with Gasteiger partial charge in [0.2, 0.25) is 0 Å². The van der Waals surface area contributed by atoms with E-state index in [0.29, 0.717) is 5.17 Å². The molecule has 1 aromatic rings. The number of thioether (sulfide) groups is 1. The van der Waals surface area contributed by atoms with E-state index in [1.54, 1.807) is 0 Å². The molecule has 19 heavy (non-hydrogen) atoms. The van der Waals surface area contributed by atoms with Gasteiger partial charge >= 0.3 is 0 Å². The molecule has 0 saturated carbocycles. The fraction of sp³-hybridized carbons (Fsp3) is 0.462. The van der Waals surface area contributed by atoms with Crippen LogP contribution in [0.4, 0.5) is 18.9 Å². The van der Waals surface area contributed by atoms with Crippen LogP contribution in [0.2, 0.25) is 0 Å². The van der Waals surface area contributed by atoms with Crippen LogP contribution in [-0.4, -0.2) is 16.5 Å². The number of hydrogen-bond acceptors (Lipinski definition) is 3. The van der Waals surface area contributed by atoms with E-state index >= 15 is 0 Å². The molecule has 1 aliphatic heterocycles. The third-order valence-electron chi connectivity index (χ3n) is 3.25. The highest BCUT2D eigenvalue weighted by Crippen LogP contribution is 2.30. The number of hydrogen-bond donors (Lipinski definition) is 1. The number of benzene rings is 1. The van der Waals surface area contributed by atoms with Crippen molar-refractivity contribution in [2.75, 3.05) is 11.1 Å². The normalized spacial score (nSPS) is 23.1. The molecule has 2 nitrogen and oxygen atoms in total. The first-order chi connectivity index (χ1) is 8.93. The van der Waals surface area contributed by atoms with Gasteiger partial charge in [0.05, 0.1) is 5.54 Å². The quantitative estimate of drug-likeness (QED) is 0.826. The van der Waals surface area contributed by atoms with Gasteiger partial charge < -0.3 is 5.32 Å². The van der Waals surface area contributed by atoms with Crippen molar-refractivity contribution in [3.8, 4) is 0 Å². The highest BCUT2D eigenvalue weighted by Gasteiger charge is 2.26. The molecule has 0 bridgehead atoms. The molecule has 0 aromatic heterocycles. The van der Waals surface area contributed by atoms with Crippen molar-refractivity contribution in [3.05, 3.63) is 29.6 Å². The van der Waals surface area contributed by atoms with Crippen LogP contribution >= 0.6 is 11.8 Å². The zero-order valence-electron chi connectivity index (χ0n) is 10.8. The second-order valence-corrected chi connectivity index (χ2v) is 5.83. The van der Waals surface area contributed by atoms with Gasteiger partial charge in [0.25, 0.3) is 0 Å². The molecule has 0 radical (unpaired) electrons. The summed E-state index contributed by atoms with van der Waals surface area (Å²) in [6.07, 6.45) is 1.86. The lowest BCUT2D eigenvalue weighted by molar-refractivity contribution is 0.443. The van der Waals surface area contributed by atoms with Crippen molar-refractivity contribution in [2.24, 2.45) is 4.99 Å². The summed E-state index contributed by atoms with van der Waals surface area (Å²) in [7, 11) is 0. The van der Waals surface area contributed by atoms with Gasteiger partial charge in [-0.1, -0.05) is 18.7 Å². The Morgan fingerprint density at radius 3 is 2.53 bits per heavy atom. The minimum absolute atomic E-state index is 0.148. The molecule has 2 rings (SSSR count). The molecule has 1 atom stereocenters. The molecule has 1 unspecified atom stereocenters. The summed E-state index contributed by atoms with van der Waals surface area (Å²) in [5.41, 5.74) is 0.0213. The van der Waals surface area contributed by atoms with Crippen molar-refractivity contribution in [1.82, 2.24) is 0 Å². The number of halogens is 3. The first kappa shape index (κ1) is 14.2. The highest BCUT2D eigenvalue weighted by molar-refractivity contribution is 8.14. The number of anilines is 1. The standard InChI is InChI=1S/C13H15F3N2S/c1-3-13(2)4-5-19-12(18-13)17-8-6-9(14)11(16)10(15)7-8/h6-7H,3-5H2,1-2H3,(H,17,18). The van der Waals surface area contributed by atoms with Crippen LogP contribution in [-0.2, 0) is 0 Å². The summed E-state index contributed by atoms with van der Waals surface area (Å²) in [6, 6.07) is 1.86. The van der Waals surface area contributed by atoms with Gasteiger partial charge in [-0.2, -0.15) is 0 Å². The Kier molecular flexibility index (Phi) is 4.08. The average molecular weight is 288 g/mol. The molecule has 6 heteroatoms. The van der Waals surface area contributed by atoms with Crippen LogP contribution < -0.4 is 5.32 Å². The van der Waals surface area contributed by atoms with Crippen molar-refractivity contribution in [2.45, 2.75) is 32.2 Å². The Morgan fingerprint density at radius 1 is 1.32 bits per heavy atom. The van der Waals surface area contributed by atoms with E-state index in [9.17, 15) is 13.2 Å². The minimum Gasteiger partial charge on any atom is -0.335 e. The average Bonchev–Trinajstić information content (AvgIpc) is 2.36. The van der Waals surface area contributed by atoms with E-state index in [4.69, 9.17) is 0 Å². The summed E-state index contributed by atoms with van der Waals surface area (Å²) in [4.78, 5) is 4.54. The predicted octanol–water partition coefficient (Wildman–Crippen LogP) is 4.18. The van der Waals surface area contributed by atoms with E-state index in [-0.39, 0.29) is 11.2 Å². The molecular formula is C13H15F3N2S. The SMILES string of the molecule is CCC1(C)CCSC(Nc2cc(F)c(F)c(F)c2)=N1. The third kappa shape index (κ3) is 3.23. The molecule has 1 aromatic carbocycles. The Labute approximate surface area is 114 Å². The summed E-state index contributed by atoms with van der Waals surface area (Å²) in [5, 5.41) is 3.46. The van der Waals surface area contributed by atoms with E-state index < -0.39 is 17.5 Å². The first-order valence-corrected chi connectivity index (χ1v) is 7.06. The van der Waals surface area contributed by atoms with Crippen LogP contribution in [0, 0.1) is 17.5 Å². The zero-order chi connectivity index (χ0) is 14.0. The minimum atomic E-state index is -1.46. The Morgan fingerprint density at radius 2 is 1.95 bits per heavy atom. The van der Waals surface area contributed by atoms with Crippen LogP contribution in [0.1, 0.15) is 26.7 Å². The van der Waals surface area contributed by atoms with E-state index in [1.807, 2.05) is 13.8 Å². The summed E-state index contributed by atoms with van der Waals surface area (Å²) < 4.78 is 39.1. The second kappa shape index (κ2) is 5.45. The van der Waals surface area contributed by atoms with Gasteiger partial charge in [-0.25, -0.2) is 13.2 Å². The van der Waals surface area contributed by atoms with Crippen molar-refractivity contribution in [1.29, 1.82) is 0 Å². The van der Waals surface area contributed by atoms with E-state index in [2.05, 4.69) is 10.3 Å². The molecule has 0 spiro atoms. The van der Waals surface area contributed by atoms with E-state index in [0.717, 1.165) is 30.7 Å². The lowest BCUT2D eigenvalue weighted by Gasteiger charge is -2.29. The topological polar surface area (TPSA) is 24.4 Å². The Hall–Kier alpha value is -1.17. The molecule has 0 saturated heterocycles. The third-order valence-corrected chi connectivity index (χ3v) is 4.12. The Balaban J connectivity index is 2.22. The van der Waals surface area contributed by atoms with Gasteiger partial charge in [0.15, 0.2) is 22.6 Å². The van der Waals surface area contributed by atoms with Gasteiger partial charge in [-0.15, -0.1) is 0 Å². The van der Waals surface area contributed by atoms with E-state index in [1.165, 1.54) is 11.8 Å². The lowest BCUT2D eigenvalue weighted by atomic mass is 9.97. The second-order valence-electron chi connectivity index (χ2n) is 4.74. The first-order valence-electron chi connectivity index (χ1n) is 6.08. The van der Waals surface area contributed by atoms with Crippen molar-refractivity contribution < 1.29 is 13.2 Å². The molecule has 1 heterocycles. The number of amidine groups is 1. The van der Waals surface area contributed by atoms with Crippen LogP contribution in [0.25, 0.3) is 0 Å². The molecule has 1 aliphatic rings. The monoisotopic (exact) mass is 288 g/mol. The van der Waals surface area contributed by atoms with Crippen molar-refractivity contribution in [3.63, 3.8) is 0 Å². The molecule has 104 valence electrons. The fourth-order valence-corrected chi connectivity index (χ4v) is 2.98. The molecule has 0 aliphatic carbocycles. The molecule has 0 fully saturated rings. The smallest absolute Gasteiger partial charge is 0.194 e. The Bertz CT molecular complexity index is 496. The van der Waals surface area contributed by atoms with Gasteiger partial charge in [0, 0.05) is 23.6 Å². The predicted molar refractivity (Wildman–Crippen MR) is 73.1 cm³/mol. The summed E-state index contributed by atoms with van der Waals surface area (Å²) >= 11 is 1.49. The van der Waals surface area contributed by atoms with Crippen LogP contribution in [0.5, 0.6) is 0 Å². The number of aliphatic imine (C=N–C) groups is 1. The largest absolute Gasteiger partial charge is 0.335 e. The van der Waals surface area contributed by atoms with Crippen molar-refractivity contribution >= 4 is 22.6 Å². The fourth-order valence-electron chi connectivity index (χ4n) is 1.77. The maximum Gasteiger partial charge on any atom is 0.194 e. The maximum atomic E-state index is 13.1. The maximum absolute atomic E-state index is 13.1. The highest BCUT2D eigenvalue weighted by atomic mass is 32.2. The summed E-state index contributed by atoms with van der Waals surface area (Å²) in [5.74, 6) is -2.98. The lowest BCUT2D eigenvalue weighted by Crippen LogP contribution is -2.29. The number of nitrogens with one attached hydrogen (secondary N) is 1. The molecular weight excluding hydrogens is 273 g/mol. The number of rotatable bonds is 2. The zero-order valence-corrected chi connectivity index (χ0v) is 11.6. The van der Waals surface area contributed by atoms with Gasteiger partial charge in [-0.3, -0.25) is 4.99 Å². The molecule has 0 amide bonds. The summed E-state index contributed by atoms with van der Waals surface area (Å²) in [6.45, 7) is 4.09. The van der Waals surface area contributed by atoms with Crippen LogP contribution in [0.3, 0.4) is 0 Å². The number of nitrogens with zero attached hydrogens (tertiary/aromatic N) is 1.